The molecule has 0 aromatic heterocycles. The maximum atomic E-state index is 9.54. The molecule has 0 aromatic carbocycles. The topological polar surface area (TPSA) is 57.1 Å². The van der Waals surface area contributed by atoms with Gasteiger partial charge < -0.3 is 20.1 Å². The molecule has 5 nitrogen and oxygen atoms in total. The molecule has 1 heterocycles. The van der Waals surface area contributed by atoms with E-state index in [1.165, 1.54) is 0 Å². The minimum atomic E-state index is -0.202. The van der Waals surface area contributed by atoms with Gasteiger partial charge in [0.1, 0.15) is 0 Å². The summed E-state index contributed by atoms with van der Waals surface area (Å²) in [4.78, 5) is 6.73. The summed E-state index contributed by atoms with van der Waals surface area (Å²) in [6.45, 7) is 8.98. The third kappa shape index (κ3) is 5.69. The van der Waals surface area contributed by atoms with Crippen LogP contribution in [0.2, 0.25) is 0 Å². The maximum Gasteiger partial charge on any atom is 0.194 e. The van der Waals surface area contributed by atoms with Gasteiger partial charge in [-0.05, 0) is 33.1 Å². The van der Waals surface area contributed by atoms with Crippen molar-refractivity contribution in [2.24, 2.45) is 4.99 Å². The minimum Gasteiger partial charge on any atom is -0.391 e. The van der Waals surface area contributed by atoms with Crippen LogP contribution in [0.5, 0.6) is 0 Å². The van der Waals surface area contributed by atoms with Crippen molar-refractivity contribution in [1.29, 1.82) is 0 Å². The molecule has 1 aliphatic rings. The number of ether oxygens (including phenoxy) is 1. The Morgan fingerprint density at radius 3 is 2.89 bits per heavy atom. The summed E-state index contributed by atoms with van der Waals surface area (Å²) in [5.41, 5.74) is 0. The van der Waals surface area contributed by atoms with Crippen molar-refractivity contribution in [3.8, 4) is 0 Å². The highest BCUT2D eigenvalue weighted by atomic mass is 16.5. The van der Waals surface area contributed by atoms with Crippen LogP contribution in [-0.4, -0.2) is 61.5 Å². The van der Waals surface area contributed by atoms with Gasteiger partial charge in [-0.3, -0.25) is 4.99 Å². The molecule has 0 amide bonds. The Morgan fingerprint density at radius 1 is 1.44 bits per heavy atom. The molecule has 1 saturated heterocycles. The number of rotatable bonds is 7. The molecule has 18 heavy (non-hydrogen) atoms. The number of hydrogen-bond acceptors (Lipinski definition) is 3. The average Bonchev–Trinajstić information content (AvgIpc) is 2.79. The van der Waals surface area contributed by atoms with E-state index >= 15 is 0 Å². The summed E-state index contributed by atoms with van der Waals surface area (Å²) in [5, 5.41) is 12.8. The molecule has 0 spiro atoms. The standard InChI is InChI=1S/C13H27N3O2/c1-3-14-13(16-9-7-12(17)11-16)15-8-5-6-10-18-4-2/h12,17H,3-11H2,1-2H3,(H,14,15)/t12-/m1/s1. The van der Waals surface area contributed by atoms with E-state index in [9.17, 15) is 5.11 Å². The minimum absolute atomic E-state index is 0.202. The van der Waals surface area contributed by atoms with E-state index in [0.29, 0.717) is 6.54 Å². The zero-order valence-corrected chi connectivity index (χ0v) is 11.7. The molecule has 0 unspecified atom stereocenters. The molecule has 0 aromatic rings. The highest BCUT2D eigenvalue weighted by Gasteiger charge is 2.22. The number of nitrogens with one attached hydrogen (secondary N) is 1. The normalized spacial score (nSPS) is 20.5. The fourth-order valence-corrected chi connectivity index (χ4v) is 2.01. The van der Waals surface area contributed by atoms with Crippen LogP contribution in [0, 0.1) is 0 Å². The van der Waals surface area contributed by atoms with Gasteiger partial charge in [0.05, 0.1) is 6.10 Å². The predicted octanol–water partition coefficient (Wildman–Crippen LogP) is 0.835. The molecule has 1 aliphatic heterocycles. The van der Waals surface area contributed by atoms with E-state index in [0.717, 1.165) is 58.1 Å². The van der Waals surface area contributed by atoms with Gasteiger partial charge in [-0.15, -0.1) is 0 Å². The Balaban J connectivity index is 2.27. The van der Waals surface area contributed by atoms with Gasteiger partial charge in [0.15, 0.2) is 5.96 Å². The first-order valence-corrected chi connectivity index (χ1v) is 7.07. The Bertz CT molecular complexity index is 246. The van der Waals surface area contributed by atoms with Crippen LogP contribution in [-0.2, 0) is 4.74 Å². The Labute approximate surface area is 110 Å². The Hall–Kier alpha value is -0.810. The van der Waals surface area contributed by atoms with Crippen molar-refractivity contribution in [1.82, 2.24) is 10.2 Å². The molecule has 0 bridgehead atoms. The van der Waals surface area contributed by atoms with E-state index in [-0.39, 0.29) is 6.10 Å². The van der Waals surface area contributed by atoms with Crippen molar-refractivity contribution in [2.45, 2.75) is 39.2 Å². The molecule has 106 valence electrons. The first-order chi connectivity index (χ1) is 8.77. The molecule has 1 rings (SSSR count). The van der Waals surface area contributed by atoms with Crippen LogP contribution in [0.3, 0.4) is 0 Å². The van der Waals surface area contributed by atoms with Crippen LogP contribution in [0.4, 0.5) is 0 Å². The molecule has 5 heteroatoms. The number of hydrogen-bond donors (Lipinski definition) is 2. The lowest BCUT2D eigenvalue weighted by molar-refractivity contribution is 0.144. The average molecular weight is 257 g/mol. The van der Waals surface area contributed by atoms with Crippen LogP contribution in [0.15, 0.2) is 4.99 Å². The van der Waals surface area contributed by atoms with Crippen molar-refractivity contribution in [3.05, 3.63) is 0 Å². The van der Waals surface area contributed by atoms with Gasteiger partial charge >= 0.3 is 0 Å². The predicted molar refractivity (Wildman–Crippen MR) is 73.9 cm³/mol. The SMILES string of the molecule is CCNC(=NCCCCOCC)N1CC[C@@H](O)C1. The van der Waals surface area contributed by atoms with Gasteiger partial charge in [-0.1, -0.05) is 0 Å². The van der Waals surface area contributed by atoms with Crippen LogP contribution in [0.1, 0.15) is 33.1 Å². The number of guanidine groups is 1. The Morgan fingerprint density at radius 2 is 2.28 bits per heavy atom. The first-order valence-electron chi connectivity index (χ1n) is 7.07. The first kappa shape index (κ1) is 15.2. The van der Waals surface area contributed by atoms with E-state index in [1.54, 1.807) is 0 Å². The molecular weight excluding hydrogens is 230 g/mol. The van der Waals surface area contributed by atoms with E-state index < -0.39 is 0 Å². The fourth-order valence-electron chi connectivity index (χ4n) is 2.01. The van der Waals surface area contributed by atoms with Gasteiger partial charge in [-0.2, -0.15) is 0 Å². The summed E-state index contributed by atoms with van der Waals surface area (Å²) in [6.07, 6.45) is 2.74. The smallest absolute Gasteiger partial charge is 0.194 e. The molecular formula is C13H27N3O2. The monoisotopic (exact) mass is 257 g/mol. The number of aliphatic hydroxyl groups excluding tert-OH is 1. The number of aliphatic imine (C=N–C) groups is 1. The second-order valence-electron chi connectivity index (χ2n) is 4.53. The van der Waals surface area contributed by atoms with Crippen LogP contribution >= 0.6 is 0 Å². The summed E-state index contributed by atoms with van der Waals surface area (Å²) < 4.78 is 5.29. The van der Waals surface area contributed by atoms with Crippen LogP contribution < -0.4 is 5.32 Å². The van der Waals surface area contributed by atoms with E-state index in [2.05, 4.69) is 22.1 Å². The second-order valence-corrected chi connectivity index (χ2v) is 4.53. The van der Waals surface area contributed by atoms with Crippen LogP contribution in [0.25, 0.3) is 0 Å². The number of nitrogens with zero attached hydrogens (tertiary/aromatic N) is 2. The summed E-state index contributed by atoms with van der Waals surface area (Å²) in [6, 6.07) is 0. The third-order valence-corrected chi connectivity index (χ3v) is 2.96. The maximum absolute atomic E-state index is 9.54. The lowest BCUT2D eigenvalue weighted by Gasteiger charge is -2.20. The van der Waals surface area contributed by atoms with Crippen molar-refractivity contribution in [2.75, 3.05) is 39.4 Å². The van der Waals surface area contributed by atoms with Gasteiger partial charge in [0, 0.05) is 39.4 Å². The zero-order valence-electron chi connectivity index (χ0n) is 11.7. The highest BCUT2D eigenvalue weighted by Crippen LogP contribution is 2.08. The molecule has 2 N–H and O–H groups in total. The molecule has 1 atom stereocenters. The molecule has 0 radical (unpaired) electrons. The number of β-amino-alcohol motifs (C(OH)–C–C–N with tert-alkyl or cyclic N) is 1. The van der Waals surface area contributed by atoms with Crippen molar-refractivity contribution < 1.29 is 9.84 Å². The fraction of sp³-hybridized carbons (Fsp3) is 0.923. The second kappa shape index (κ2) is 9.16. The number of likely N-dealkylation sites (tertiary alicyclic amines) is 1. The summed E-state index contributed by atoms with van der Waals surface area (Å²) in [7, 11) is 0. The summed E-state index contributed by atoms with van der Waals surface area (Å²) >= 11 is 0. The largest absolute Gasteiger partial charge is 0.391 e. The van der Waals surface area contributed by atoms with Gasteiger partial charge in [0.2, 0.25) is 0 Å². The van der Waals surface area contributed by atoms with Gasteiger partial charge in [-0.25, -0.2) is 0 Å². The lowest BCUT2D eigenvalue weighted by Crippen LogP contribution is -2.40. The number of aliphatic hydroxyl groups is 1. The number of unbranched alkanes of at least 4 members (excludes halogenated alkanes) is 1. The highest BCUT2D eigenvalue weighted by molar-refractivity contribution is 5.80. The van der Waals surface area contributed by atoms with Gasteiger partial charge in [0.25, 0.3) is 0 Å². The van der Waals surface area contributed by atoms with Crippen molar-refractivity contribution >= 4 is 5.96 Å². The summed E-state index contributed by atoms with van der Waals surface area (Å²) in [5.74, 6) is 0.936. The van der Waals surface area contributed by atoms with E-state index in [4.69, 9.17) is 4.74 Å². The van der Waals surface area contributed by atoms with Crippen molar-refractivity contribution in [3.63, 3.8) is 0 Å². The lowest BCUT2D eigenvalue weighted by atomic mass is 10.3. The molecule has 1 fully saturated rings. The zero-order chi connectivity index (χ0) is 13.2. The third-order valence-electron chi connectivity index (χ3n) is 2.96. The molecule has 0 saturated carbocycles. The van der Waals surface area contributed by atoms with E-state index in [1.807, 2.05) is 6.92 Å². The molecule has 0 aliphatic carbocycles. The Kier molecular flexibility index (Phi) is 7.76. The quantitative estimate of drug-likeness (QED) is 0.403.